The van der Waals surface area contributed by atoms with Crippen LogP contribution >= 0.6 is 23.1 Å². The van der Waals surface area contributed by atoms with Gasteiger partial charge in [-0.05, 0) is 33.3 Å². The van der Waals surface area contributed by atoms with Crippen LogP contribution in [0.15, 0.2) is 51.4 Å². The number of oxazole rings is 1. The van der Waals surface area contributed by atoms with E-state index in [2.05, 4.69) is 20.6 Å². The first kappa shape index (κ1) is 24.8. The van der Waals surface area contributed by atoms with Gasteiger partial charge in [-0.2, -0.15) is 0 Å². The number of nitrogens with zero attached hydrogens (tertiary/aromatic N) is 2. The van der Waals surface area contributed by atoms with Crippen molar-refractivity contribution >= 4 is 40.2 Å². The van der Waals surface area contributed by atoms with Gasteiger partial charge in [0.05, 0.1) is 21.9 Å². The lowest BCUT2D eigenvalue weighted by Crippen LogP contribution is -2.40. The third-order valence-corrected chi connectivity index (χ3v) is 6.47. The van der Waals surface area contributed by atoms with Gasteiger partial charge in [0, 0.05) is 6.42 Å². The molecule has 0 bridgehead atoms. The average molecular weight is 489 g/mol. The largest absolute Gasteiger partial charge is 0.445 e. The molecular weight excluding hydrogens is 460 g/mol. The second-order valence-electron chi connectivity index (χ2n) is 8.24. The van der Waals surface area contributed by atoms with Crippen molar-refractivity contribution in [2.24, 2.45) is 0 Å². The molecule has 0 saturated heterocycles. The number of thioether (sulfide) groups is 1. The Morgan fingerprint density at radius 1 is 1.18 bits per heavy atom. The SMILES string of the molecule is CCc1cnc(C(C)Sc2cnc(NC(=O)C(NC(=O)OC(C)(C)C)c3ccccc3)s2)o1. The molecule has 3 aromatic rings. The van der Waals surface area contributed by atoms with Crippen LogP contribution < -0.4 is 10.6 Å². The van der Waals surface area contributed by atoms with E-state index in [4.69, 9.17) is 9.15 Å². The Balaban J connectivity index is 1.68. The normalized spacial score (nSPS) is 13.2. The number of hydrogen-bond acceptors (Lipinski definition) is 8. The van der Waals surface area contributed by atoms with Crippen LogP contribution in [0.4, 0.5) is 9.93 Å². The first-order chi connectivity index (χ1) is 15.6. The summed E-state index contributed by atoms with van der Waals surface area (Å²) in [6.07, 6.45) is 3.56. The Morgan fingerprint density at radius 3 is 2.55 bits per heavy atom. The topological polar surface area (TPSA) is 106 Å². The monoisotopic (exact) mass is 488 g/mol. The van der Waals surface area contributed by atoms with Gasteiger partial charge in [-0.1, -0.05) is 48.6 Å². The number of amides is 2. The van der Waals surface area contributed by atoms with Crippen molar-refractivity contribution in [3.05, 3.63) is 59.9 Å². The van der Waals surface area contributed by atoms with E-state index in [1.165, 1.54) is 11.3 Å². The van der Waals surface area contributed by atoms with E-state index in [-0.39, 0.29) is 5.25 Å². The number of thiazole rings is 1. The third-order valence-electron chi connectivity index (χ3n) is 4.33. The molecule has 0 aliphatic heterocycles. The minimum atomic E-state index is -0.931. The molecule has 2 atom stereocenters. The molecule has 0 aliphatic carbocycles. The first-order valence-electron chi connectivity index (χ1n) is 10.6. The molecule has 2 unspecified atom stereocenters. The van der Waals surface area contributed by atoms with E-state index in [0.29, 0.717) is 16.6 Å². The summed E-state index contributed by atoms with van der Waals surface area (Å²) in [5.74, 6) is 1.09. The van der Waals surface area contributed by atoms with Gasteiger partial charge in [-0.3, -0.25) is 10.1 Å². The summed E-state index contributed by atoms with van der Waals surface area (Å²) in [4.78, 5) is 34.0. The zero-order chi connectivity index (χ0) is 24.0. The van der Waals surface area contributed by atoms with Gasteiger partial charge in [0.15, 0.2) is 5.13 Å². The molecule has 0 radical (unpaired) electrons. The number of rotatable bonds is 8. The van der Waals surface area contributed by atoms with Gasteiger partial charge in [-0.15, -0.1) is 11.8 Å². The summed E-state index contributed by atoms with van der Waals surface area (Å²) >= 11 is 2.89. The summed E-state index contributed by atoms with van der Waals surface area (Å²) < 4.78 is 12.0. The summed E-state index contributed by atoms with van der Waals surface area (Å²) in [6, 6.07) is 8.06. The molecule has 0 saturated carbocycles. The minimum Gasteiger partial charge on any atom is -0.445 e. The average Bonchev–Trinajstić information content (AvgIpc) is 3.41. The Bertz CT molecular complexity index is 1080. The highest BCUT2D eigenvalue weighted by Crippen LogP contribution is 2.38. The van der Waals surface area contributed by atoms with Crippen molar-refractivity contribution in [1.82, 2.24) is 15.3 Å². The highest BCUT2D eigenvalue weighted by Gasteiger charge is 2.26. The second-order valence-corrected chi connectivity index (χ2v) is 10.9. The van der Waals surface area contributed by atoms with Crippen molar-refractivity contribution in [3.8, 4) is 0 Å². The number of hydrogen-bond donors (Lipinski definition) is 2. The van der Waals surface area contributed by atoms with Gasteiger partial charge in [0.2, 0.25) is 5.89 Å². The van der Waals surface area contributed by atoms with Crippen LogP contribution in [0.1, 0.15) is 63.1 Å². The lowest BCUT2D eigenvalue weighted by atomic mass is 10.1. The van der Waals surface area contributed by atoms with Crippen molar-refractivity contribution < 1.29 is 18.7 Å². The molecule has 2 N–H and O–H groups in total. The zero-order valence-electron chi connectivity index (χ0n) is 19.2. The second kappa shape index (κ2) is 10.8. The number of aromatic nitrogens is 2. The van der Waals surface area contributed by atoms with Gasteiger partial charge in [0.1, 0.15) is 17.4 Å². The molecule has 2 amide bonds. The third kappa shape index (κ3) is 7.33. The fourth-order valence-electron chi connectivity index (χ4n) is 2.82. The van der Waals surface area contributed by atoms with Crippen LogP contribution in [0.2, 0.25) is 0 Å². The first-order valence-corrected chi connectivity index (χ1v) is 12.3. The zero-order valence-corrected chi connectivity index (χ0v) is 20.9. The lowest BCUT2D eigenvalue weighted by Gasteiger charge is -2.23. The number of carbonyl (C=O) groups excluding carboxylic acids is 2. The number of alkyl carbamates (subject to hydrolysis) is 1. The molecule has 33 heavy (non-hydrogen) atoms. The predicted molar refractivity (Wildman–Crippen MR) is 129 cm³/mol. The smallest absolute Gasteiger partial charge is 0.408 e. The Kier molecular flexibility index (Phi) is 8.15. The molecular formula is C23H28N4O4S2. The summed E-state index contributed by atoms with van der Waals surface area (Å²) in [6.45, 7) is 9.31. The fourth-order valence-corrected chi connectivity index (χ4v) is 4.91. The number of ether oxygens (including phenoxy) is 1. The Hall–Kier alpha value is -2.85. The van der Waals surface area contributed by atoms with Gasteiger partial charge in [0.25, 0.3) is 5.91 Å². The number of aryl methyl sites for hydroxylation is 1. The van der Waals surface area contributed by atoms with Crippen LogP contribution in [0.5, 0.6) is 0 Å². The van der Waals surface area contributed by atoms with Crippen molar-refractivity contribution in [1.29, 1.82) is 0 Å². The summed E-state index contributed by atoms with van der Waals surface area (Å²) in [5, 5.41) is 5.89. The number of carbonyl (C=O) groups is 2. The van der Waals surface area contributed by atoms with E-state index < -0.39 is 23.6 Å². The molecule has 176 valence electrons. The van der Waals surface area contributed by atoms with E-state index in [0.717, 1.165) is 16.4 Å². The maximum atomic E-state index is 13.1. The predicted octanol–water partition coefficient (Wildman–Crippen LogP) is 5.75. The number of benzene rings is 1. The highest BCUT2D eigenvalue weighted by atomic mass is 32.2. The molecule has 8 nitrogen and oxygen atoms in total. The summed E-state index contributed by atoms with van der Waals surface area (Å²) in [7, 11) is 0. The van der Waals surface area contributed by atoms with Crippen LogP contribution in [0, 0.1) is 0 Å². The molecule has 2 aromatic heterocycles. The van der Waals surface area contributed by atoms with Crippen LogP contribution in [0.25, 0.3) is 0 Å². The van der Waals surface area contributed by atoms with E-state index in [1.54, 1.807) is 69.2 Å². The molecule has 0 aliphatic rings. The van der Waals surface area contributed by atoms with Gasteiger partial charge < -0.3 is 14.5 Å². The van der Waals surface area contributed by atoms with Gasteiger partial charge in [-0.25, -0.2) is 14.8 Å². The van der Waals surface area contributed by atoms with E-state index in [1.807, 2.05) is 19.9 Å². The van der Waals surface area contributed by atoms with E-state index >= 15 is 0 Å². The quantitative estimate of drug-likeness (QED) is 0.389. The maximum Gasteiger partial charge on any atom is 0.408 e. The Morgan fingerprint density at radius 2 is 1.91 bits per heavy atom. The Labute approximate surface area is 201 Å². The van der Waals surface area contributed by atoms with Crippen LogP contribution in [0.3, 0.4) is 0 Å². The molecule has 10 heteroatoms. The highest BCUT2D eigenvalue weighted by molar-refractivity contribution is 8.01. The molecule has 0 spiro atoms. The fraction of sp³-hybridized carbons (Fsp3) is 0.391. The summed E-state index contributed by atoms with van der Waals surface area (Å²) in [5.41, 5.74) is -0.0445. The van der Waals surface area contributed by atoms with Crippen molar-refractivity contribution in [2.75, 3.05) is 5.32 Å². The standard InChI is InChI=1S/C23H28N4O4S2/c1-6-16-12-24-20(30-16)14(2)32-17-13-25-21(33-17)27-19(28)18(15-10-8-7-9-11-15)26-22(29)31-23(3,4)5/h7-14,18H,6H2,1-5H3,(H,26,29)(H,25,27,28). The van der Waals surface area contributed by atoms with E-state index in [9.17, 15) is 9.59 Å². The molecule has 1 aromatic carbocycles. The van der Waals surface area contributed by atoms with Gasteiger partial charge >= 0.3 is 6.09 Å². The number of nitrogens with one attached hydrogen (secondary N) is 2. The van der Waals surface area contributed by atoms with Crippen LogP contribution in [-0.2, 0) is 16.0 Å². The van der Waals surface area contributed by atoms with Crippen molar-refractivity contribution in [3.63, 3.8) is 0 Å². The molecule has 3 rings (SSSR count). The van der Waals surface area contributed by atoms with Crippen molar-refractivity contribution in [2.45, 2.75) is 62.1 Å². The van der Waals surface area contributed by atoms with Crippen LogP contribution in [-0.4, -0.2) is 27.6 Å². The lowest BCUT2D eigenvalue weighted by molar-refractivity contribution is -0.118. The maximum absolute atomic E-state index is 13.1. The minimum absolute atomic E-state index is 0.000189. The molecule has 0 fully saturated rings. The number of anilines is 1. The molecule has 2 heterocycles.